The first-order valence-electron chi connectivity index (χ1n) is 6.14. The molecular weight excluding hydrogens is 246 g/mol. The van der Waals surface area contributed by atoms with Gasteiger partial charge in [0.15, 0.2) is 5.58 Å². The third-order valence-electron chi connectivity index (χ3n) is 3.47. The van der Waals surface area contributed by atoms with Crippen molar-refractivity contribution >= 4 is 17.0 Å². The van der Waals surface area contributed by atoms with Crippen molar-refractivity contribution in [1.29, 1.82) is 0 Å². The van der Waals surface area contributed by atoms with E-state index in [2.05, 4.69) is 4.98 Å². The zero-order chi connectivity index (χ0) is 13.6. The predicted octanol–water partition coefficient (Wildman–Crippen LogP) is 0.571. The first-order chi connectivity index (χ1) is 8.98. The molecular formula is C13H15N3O3. The fraction of sp³-hybridized carbons (Fsp3) is 0.385. The lowest BCUT2D eigenvalue weighted by atomic mass is 10.1. The average molecular weight is 261 g/mol. The average Bonchev–Trinajstić information content (AvgIpc) is 2.99. The number of hydrogen-bond donors (Lipinski definition) is 2. The largest absolute Gasteiger partial charge is 0.417 e. The Balaban J connectivity index is 1.80. The second kappa shape index (κ2) is 3.96. The van der Waals surface area contributed by atoms with Crippen LogP contribution in [-0.4, -0.2) is 28.4 Å². The molecule has 1 aromatic heterocycles. The minimum absolute atomic E-state index is 0.0388. The lowest BCUT2D eigenvalue weighted by Crippen LogP contribution is -2.43. The maximum atomic E-state index is 12.0. The van der Waals surface area contributed by atoms with Crippen molar-refractivity contribution < 1.29 is 9.21 Å². The number of carbonyl (C=O) groups is 1. The van der Waals surface area contributed by atoms with Crippen molar-refractivity contribution in [2.45, 2.75) is 24.9 Å². The van der Waals surface area contributed by atoms with Gasteiger partial charge in [0.1, 0.15) is 0 Å². The topological polar surface area (TPSA) is 92.3 Å². The maximum absolute atomic E-state index is 12.0. The molecule has 1 fully saturated rings. The van der Waals surface area contributed by atoms with E-state index in [1.807, 2.05) is 6.07 Å². The molecule has 1 amide bonds. The minimum Gasteiger partial charge on any atom is -0.408 e. The highest BCUT2D eigenvalue weighted by atomic mass is 16.4. The number of amides is 1. The summed E-state index contributed by atoms with van der Waals surface area (Å²) in [6, 6.07) is 5.38. The number of benzene rings is 1. The molecule has 100 valence electrons. The fourth-order valence-electron chi connectivity index (χ4n) is 2.16. The second-order valence-electron chi connectivity index (χ2n) is 5.16. The Kier molecular flexibility index (Phi) is 2.50. The molecule has 6 heteroatoms. The third kappa shape index (κ3) is 2.15. The van der Waals surface area contributed by atoms with Gasteiger partial charge in [-0.3, -0.25) is 9.78 Å². The van der Waals surface area contributed by atoms with Crippen LogP contribution in [0.1, 0.15) is 18.4 Å². The van der Waals surface area contributed by atoms with Gasteiger partial charge in [-0.15, -0.1) is 0 Å². The van der Waals surface area contributed by atoms with E-state index in [0.717, 1.165) is 18.4 Å². The summed E-state index contributed by atoms with van der Waals surface area (Å²) in [5, 5.41) is 0. The summed E-state index contributed by atoms with van der Waals surface area (Å²) in [5.74, 6) is -0.515. The van der Waals surface area contributed by atoms with Crippen LogP contribution in [0.15, 0.2) is 27.4 Å². The third-order valence-corrected chi connectivity index (χ3v) is 3.47. The van der Waals surface area contributed by atoms with E-state index in [1.54, 1.807) is 24.1 Å². The van der Waals surface area contributed by atoms with Crippen molar-refractivity contribution in [3.63, 3.8) is 0 Å². The van der Waals surface area contributed by atoms with E-state index < -0.39 is 11.3 Å². The lowest BCUT2D eigenvalue weighted by molar-refractivity contribution is -0.132. The van der Waals surface area contributed by atoms with Gasteiger partial charge in [-0.05, 0) is 30.5 Å². The van der Waals surface area contributed by atoms with E-state index in [9.17, 15) is 9.59 Å². The second-order valence-corrected chi connectivity index (χ2v) is 5.16. The minimum atomic E-state index is -0.653. The van der Waals surface area contributed by atoms with E-state index in [0.29, 0.717) is 17.6 Å². The molecule has 0 unspecified atom stereocenters. The number of nitrogens with two attached hydrogens (primary N) is 1. The van der Waals surface area contributed by atoms with Gasteiger partial charge in [0, 0.05) is 13.6 Å². The Bertz CT molecular complexity index is 696. The molecule has 0 radical (unpaired) electrons. The Morgan fingerprint density at radius 3 is 2.95 bits per heavy atom. The quantitative estimate of drug-likeness (QED) is 0.844. The molecule has 3 rings (SSSR count). The van der Waals surface area contributed by atoms with Crippen LogP contribution in [0.4, 0.5) is 0 Å². The van der Waals surface area contributed by atoms with Gasteiger partial charge in [-0.25, -0.2) is 4.79 Å². The van der Waals surface area contributed by atoms with Crippen LogP contribution in [0.3, 0.4) is 0 Å². The first kappa shape index (κ1) is 12.0. The molecule has 0 saturated heterocycles. The normalized spacial score (nSPS) is 16.5. The van der Waals surface area contributed by atoms with Gasteiger partial charge in [0.25, 0.3) is 0 Å². The summed E-state index contributed by atoms with van der Waals surface area (Å²) in [7, 11) is 1.73. The molecule has 0 aliphatic heterocycles. The van der Waals surface area contributed by atoms with E-state index >= 15 is 0 Å². The molecule has 1 aliphatic rings. The smallest absolute Gasteiger partial charge is 0.408 e. The number of nitrogens with zero attached hydrogens (tertiary/aromatic N) is 1. The van der Waals surface area contributed by atoms with Crippen LogP contribution in [0.25, 0.3) is 11.1 Å². The molecule has 0 spiro atoms. The maximum Gasteiger partial charge on any atom is 0.417 e. The predicted molar refractivity (Wildman–Crippen MR) is 69.5 cm³/mol. The van der Waals surface area contributed by atoms with Gasteiger partial charge < -0.3 is 15.1 Å². The van der Waals surface area contributed by atoms with Crippen molar-refractivity contribution in [2.75, 3.05) is 7.05 Å². The Labute approximate surface area is 109 Å². The van der Waals surface area contributed by atoms with E-state index in [-0.39, 0.29) is 5.91 Å². The number of rotatable bonds is 3. The molecule has 1 heterocycles. The zero-order valence-electron chi connectivity index (χ0n) is 10.6. The molecule has 6 nitrogen and oxygen atoms in total. The number of fused-ring (bicyclic) bond motifs is 1. The Morgan fingerprint density at radius 2 is 2.26 bits per heavy atom. The van der Waals surface area contributed by atoms with Crippen molar-refractivity contribution in [3.8, 4) is 0 Å². The van der Waals surface area contributed by atoms with Crippen LogP contribution >= 0.6 is 0 Å². The molecule has 0 bridgehead atoms. The summed E-state index contributed by atoms with van der Waals surface area (Å²) in [6.45, 7) is 0.447. The molecule has 1 saturated carbocycles. The number of nitrogens with one attached hydrogen (secondary N) is 1. The highest BCUT2D eigenvalue weighted by Crippen LogP contribution is 2.34. The highest BCUT2D eigenvalue weighted by Gasteiger charge is 2.47. The summed E-state index contributed by atoms with van der Waals surface area (Å²) in [4.78, 5) is 27.3. The van der Waals surface area contributed by atoms with Crippen LogP contribution in [0.5, 0.6) is 0 Å². The van der Waals surface area contributed by atoms with Crippen LogP contribution in [0.2, 0.25) is 0 Å². The summed E-state index contributed by atoms with van der Waals surface area (Å²) in [6.07, 6.45) is 1.50. The summed E-state index contributed by atoms with van der Waals surface area (Å²) < 4.78 is 4.99. The Morgan fingerprint density at radius 1 is 1.53 bits per heavy atom. The number of aromatic nitrogens is 1. The van der Waals surface area contributed by atoms with E-state index in [4.69, 9.17) is 10.2 Å². The SMILES string of the molecule is CN(Cc1ccc2[nH]c(=O)oc2c1)C(=O)C1(N)CC1. The molecule has 2 aromatic rings. The van der Waals surface area contributed by atoms with Crippen molar-refractivity contribution in [1.82, 2.24) is 9.88 Å². The van der Waals surface area contributed by atoms with Crippen LogP contribution < -0.4 is 11.5 Å². The van der Waals surface area contributed by atoms with Crippen molar-refractivity contribution in [2.24, 2.45) is 5.73 Å². The number of oxazole rings is 1. The molecule has 1 aliphatic carbocycles. The van der Waals surface area contributed by atoms with E-state index in [1.165, 1.54) is 0 Å². The monoisotopic (exact) mass is 261 g/mol. The first-order valence-corrected chi connectivity index (χ1v) is 6.14. The summed E-state index contributed by atoms with van der Waals surface area (Å²) in [5.41, 5.74) is 7.28. The summed E-state index contributed by atoms with van der Waals surface area (Å²) >= 11 is 0. The zero-order valence-corrected chi connectivity index (χ0v) is 10.6. The van der Waals surface area contributed by atoms with Gasteiger partial charge >= 0.3 is 5.76 Å². The fourth-order valence-corrected chi connectivity index (χ4v) is 2.16. The van der Waals surface area contributed by atoms with Crippen LogP contribution in [-0.2, 0) is 11.3 Å². The van der Waals surface area contributed by atoms with Gasteiger partial charge in [-0.2, -0.15) is 0 Å². The number of likely N-dealkylation sites (N-methyl/N-ethyl adjacent to an activating group) is 1. The molecule has 0 atom stereocenters. The number of hydrogen-bond acceptors (Lipinski definition) is 4. The number of carbonyl (C=O) groups excluding carboxylic acids is 1. The molecule has 1 aromatic carbocycles. The molecule has 3 N–H and O–H groups in total. The van der Waals surface area contributed by atoms with Gasteiger partial charge in [0.2, 0.25) is 5.91 Å². The number of H-pyrrole nitrogens is 1. The molecule has 19 heavy (non-hydrogen) atoms. The van der Waals surface area contributed by atoms with Gasteiger partial charge in [0.05, 0.1) is 11.1 Å². The standard InChI is InChI=1S/C13H15N3O3/c1-16(11(17)13(14)4-5-13)7-8-2-3-9-10(6-8)19-12(18)15-9/h2-3,6H,4-5,7,14H2,1H3,(H,15,18). The van der Waals surface area contributed by atoms with Gasteiger partial charge in [-0.1, -0.05) is 6.07 Å². The highest BCUT2D eigenvalue weighted by molar-refractivity contribution is 5.88. The number of aromatic amines is 1. The van der Waals surface area contributed by atoms with Crippen molar-refractivity contribution in [3.05, 3.63) is 34.3 Å². The lowest BCUT2D eigenvalue weighted by Gasteiger charge is -2.20. The Hall–Kier alpha value is -2.08. The van der Waals surface area contributed by atoms with Crippen LogP contribution in [0, 0.1) is 0 Å².